The van der Waals surface area contributed by atoms with Gasteiger partial charge < -0.3 is 14.2 Å². The van der Waals surface area contributed by atoms with Crippen molar-refractivity contribution in [1.29, 1.82) is 0 Å². The highest BCUT2D eigenvalue weighted by molar-refractivity contribution is 5.70. The zero-order valence-corrected chi connectivity index (χ0v) is 33.7. The minimum Gasteiger partial charge on any atom is -0.462 e. The molecular weight excluding hydrogens is 620 g/mol. The molecule has 0 amide bonds. The highest BCUT2D eigenvalue weighted by Gasteiger charge is 2.17. The third kappa shape index (κ3) is 39.2. The fourth-order valence-corrected chi connectivity index (χ4v) is 6.14. The second-order valence-corrected chi connectivity index (χ2v) is 14.6. The van der Waals surface area contributed by atoms with Crippen LogP contribution in [0.5, 0.6) is 0 Å². The van der Waals surface area contributed by atoms with Crippen LogP contribution in [0.4, 0.5) is 0 Å². The zero-order chi connectivity index (χ0) is 36.4. The third-order valence-electron chi connectivity index (χ3n) is 9.46. The van der Waals surface area contributed by atoms with Crippen LogP contribution in [0.25, 0.3) is 0 Å². The molecule has 294 valence electrons. The van der Waals surface area contributed by atoms with Crippen molar-refractivity contribution in [2.45, 2.75) is 232 Å². The minimum absolute atomic E-state index is 0.0816. The Hall–Kier alpha value is -1.62. The molecule has 1 atom stereocenters. The third-order valence-corrected chi connectivity index (χ3v) is 9.46. The van der Waals surface area contributed by atoms with Crippen LogP contribution in [-0.4, -0.2) is 37.9 Å². The number of allylic oxidation sites excluding steroid dienone is 4. The van der Waals surface area contributed by atoms with Gasteiger partial charge in [0.25, 0.3) is 0 Å². The number of carbonyl (C=O) groups is 2. The largest absolute Gasteiger partial charge is 0.462 e. The minimum atomic E-state index is -0.533. The van der Waals surface area contributed by atoms with Crippen LogP contribution >= 0.6 is 0 Å². The molecule has 0 aromatic heterocycles. The van der Waals surface area contributed by atoms with Crippen LogP contribution in [-0.2, 0) is 23.8 Å². The van der Waals surface area contributed by atoms with Gasteiger partial charge in [-0.05, 0) is 70.6 Å². The molecule has 0 aliphatic rings. The molecule has 0 heterocycles. The molecule has 0 radical (unpaired) electrons. The average molecular weight is 705 g/mol. The molecule has 5 heteroatoms. The summed E-state index contributed by atoms with van der Waals surface area (Å²) in [7, 11) is 0. The molecule has 0 saturated heterocycles. The Labute approximate surface area is 311 Å². The molecule has 0 saturated carbocycles. The summed E-state index contributed by atoms with van der Waals surface area (Å²) < 4.78 is 17.2. The van der Waals surface area contributed by atoms with E-state index in [-0.39, 0.29) is 25.2 Å². The maximum atomic E-state index is 12.6. The van der Waals surface area contributed by atoms with E-state index in [0.29, 0.717) is 19.4 Å². The van der Waals surface area contributed by atoms with Gasteiger partial charge in [0.1, 0.15) is 6.61 Å². The molecule has 5 nitrogen and oxygen atoms in total. The lowest BCUT2D eigenvalue weighted by molar-refractivity contribution is -0.163. The van der Waals surface area contributed by atoms with Crippen LogP contribution in [0.1, 0.15) is 226 Å². The zero-order valence-electron chi connectivity index (χ0n) is 33.7. The van der Waals surface area contributed by atoms with Crippen molar-refractivity contribution in [3.8, 4) is 0 Å². The fraction of sp³-hybridized carbons (Fsp3) is 0.867. The van der Waals surface area contributed by atoms with Crippen LogP contribution in [0.3, 0.4) is 0 Å². The number of carbonyl (C=O) groups excluding carboxylic acids is 2. The van der Waals surface area contributed by atoms with Gasteiger partial charge >= 0.3 is 11.9 Å². The Bertz CT molecular complexity index is 761. The molecular formula is C45H84O5. The molecule has 50 heavy (non-hydrogen) atoms. The SMILES string of the molecule is CCCCCC/C=C\CCCCCCCC(=O)OC(COCCCCCCCC)COC(=O)CCCCCCC/C=C\CCCCCCCC. The first-order valence-electron chi connectivity index (χ1n) is 21.9. The van der Waals surface area contributed by atoms with Gasteiger partial charge in [-0.2, -0.15) is 0 Å². The van der Waals surface area contributed by atoms with Crippen molar-refractivity contribution in [3.63, 3.8) is 0 Å². The molecule has 0 fully saturated rings. The summed E-state index contributed by atoms with van der Waals surface area (Å²) in [6.45, 7) is 7.77. The summed E-state index contributed by atoms with van der Waals surface area (Å²) in [6.07, 6.45) is 46.1. The number of esters is 2. The molecule has 0 spiro atoms. The Morgan fingerprint density at radius 1 is 0.420 bits per heavy atom. The predicted molar refractivity (Wildman–Crippen MR) is 215 cm³/mol. The standard InChI is InChI=1S/C45H84O5/c1-4-7-10-13-16-18-20-22-23-25-26-28-30-32-35-38-44(46)49-42-43(41-48-40-37-34-15-12-9-6-3)50-45(47)39-36-33-31-29-27-24-21-19-17-14-11-8-5-2/h19,21-23,43H,4-18,20,24-42H2,1-3H3/b21-19-,23-22-. The van der Waals surface area contributed by atoms with Gasteiger partial charge in [0.15, 0.2) is 6.10 Å². The number of ether oxygens (including phenoxy) is 3. The Morgan fingerprint density at radius 2 is 0.780 bits per heavy atom. The lowest BCUT2D eigenvalue weighted by Gasteiger charge is -2.18. The van der Waals surface area contributed by atoms with Gasteiger partial charge in [0, 0.05) is 19.4 Å². The highest BCUT2D eigenvalue weighted by atomic mass is 16.6. The summed E-state index contributed by atoms with van der Waals surface area (Å²) in [5, 5.41) is 0. The van der Waals surface area contributed by atoms with Crippen LogP contribution < -0.4 is 0 Å². The fourth-order valence-electron chi connectivity index (χ4n) is 6.14. The van der Waals surface area contributed by atoms with Gasteiger partial charge in [-0.1, -0.05) is 167 Å². The van der Waals surface area contributed by atoms with Gasteiger partial charge in [-0.25, -0.2) is 0 Å². The predicted octanol–water partition coefficient (Wildman–Crippen LogP) is 14.1. The second kappa shape index (κ2) is 41.8. The van der Waals surface area contributed by atoms with E-state index < -0.39 is 6.10 Å². The molecule has 0 aliphatic carbocycles. The van der Waals surface area contributed by atoms with Crippen molar-refractivity contribution in [2.24, 2.45) is 0 Å². The van der Waals surface area contributed by atoms with E-state index in [1.54, 1.807) is 0 Å². The van der Waals surface area contributed by atoms with Gasteiger partial charge in [0.05, 0.1) is 6.61 Å². The van der Waals surface area contributed by atoms with E-state index in [0.717, 1.165) is 64.2 Å². The van der Waals surface area contributed by atoms with E-state index >= 15 is 0 Å². The van der Waals surface area contributed by atoms with E-state index in [4.69, 9.17) is 14.2 Å². The van der Waals surface area contributed by atoms with Gasteiger partial charge in [0.2, 0.25) is 0 Å². The molecule has 0 aliphatic heterocycles. The Kier molecular flexibility index (Phi) is 40.4. The summed E-state index contributed by atoms with van der Waals surface area (Å²) in [6, 6.07) is 0. The molecule has 0 bridgehead atoms. The van der Waals surface area contributed by atoms with E-state index in [2.05, 4.69) is 45.1 Å². The highest BCUT2D eigenvalue weighted by Crippen LogP contribution is 2.13. The maximum Gasteiger partial charge on any atom is 0.306 e. The van der Waals surface area contributed by atoms with Crippen molar-refractivity contribution in [3.05, 3.63) is 24.3 Å². The first-order chi connectivity index (χ1) is 24.6. The quantitative estimate of drug-likeness (QED) is 0.0361. The maximum absolute atomic E-state index is 12.6. The summed E-state index contributed by atoms with van der Waals surface area (Å²) >= 11 is 0. The lowest BCUT2D eigenvalue weighted by Crippen LogP contribution is -2.30. The lowest BCUT2D eigenvalue weighted by atomic mass is 10.1. The van der Waals surface area contributed by atoms with Crippen LogP contribution in [0.2, 0.25) is 0 Å². The summed E-state index contributed by atoms with van der Waals surface area (Å²) in [4.78, 5) is 25.1. The molecule has 0 aromatic rings. The van der Waals surface area contributed by atoms with Crippen LogP contribution in [0, 0.1) is 0 Å². The molecule has 0 N–H and O–H groups in total. The van der Waals surface area contributed by atoms with Gasteiger partial charge in [-0.15, -0.1) is 0 Å². The van der Waals surface area contributed by atoms with Crippen molar-refractivity contribution < 1.29 is 23.8 Å². The molecule has 0 rings (SSSR count). The number of hydrogen-bond acceptors (Lipinski definition) is 5. The van der Waals surface area contributed by atoms with E-state index in [9.17, 15) is 9.59 Å². The smallest absolute Gasteiger partial charge is 0.306 e. The van der Waals surface area contributed by atoms with Gasteiger partial charge in [-0.3, -0.25) is 9.59 Å². The normalized spacial score (nSPS) is 12.3. The monoisotopic (exact) mass is 705 g/mol. The summed E-state index contributed by atoms with van der Waals surface area (Å²) in [5.41, 5.74) is 0. The Morgan fingerprint density at radius 3 is 1.24 bits per heavy atom. The number of hydrogen-bond donors (Lipinski definition) is 0. The van der Waals surface area contributed by atoms with Crippen LogP contribution in [0.15, 0.2) is 24.3 Å². The number of unbranched alkanes of at least 4 members (excludes halogenated alkanes) is 25. The topological polar surface area (TPSA) is 61.8 Å². The van der Waals surface area contributed by atoms with Crippen molar-refractivity contribution in [2.75, 3.05) is 19.8 Å². The molecule has 1 unspecified atom stereocenters. The summed E-state index contributed by atoms with van der Waals surface area (Å²) in [5.74, 6) is -0.414. The first-order valence-corrected chi connectivity index (χ1v) is 21.9. The van der Waals surface area contributed by atoms with E-state index in [1.165, 1.54) is 128 Å². The molecule has 0 aromatic carbocycles. The number of rotatable bonds is 40. The average Bonchev–Trinajstić information content (AvgIpc) is 3.11. The van der Waals surface area contributed by atoms with E-state index in [1.807, 2.05) is 0 Å². The second-order valence-electron chi connectivity index (χ2n) is 14.6. The Balaban J connectivity index is 4.14. The first kappa shape index (κ1) is 48.4. The van der Waals surface area contributed by atoms with Crippen molar-refractivity contribution in [1.82, 2.24) is 0 Å². The van der Waals surface area contributed by atoms with Crippen molar-refractivity contribution >= 4 is 11.9 Å².